The van der Waals surface area contributed by atoms with E-state index in [9.17, 15) is 4.79 Å². The molecule has 0 amide bonds. The molecule has 0 saturated heterocycles. The zero-order valence-electron chi connectivity index (χ0n) is 21.5. The van der Waals surface area contributed by atoms with Crippen LogP contribution >= 0.6 is 0 Å². The Kier molecular flexibility index (Phi) is 27.0. The molecular weight excluding hydrogens is 424 g/mol. The highest BCUT2D eigenvalue weighted by Gasteiger charge is 2.26. The molecule has 0 rings (SSSR count). The molecule has 0 aliphatic carbocycles. The second kappa shape index (κ2) is 25.9. The fourth-order valence-electron chi connectivity index (χ4n) is 3.23. The smallest absolute Gasteiger partial charge is 0.305 e. The average Bonchev–Trinajstić information content (AvgIpc) is 2.82. The van der Waals surface area contributed by atoms with Crippen LogP contribution in [0.2, 0.25) is 0 Å². The van der Waals surface area contributed by atoms with Gasteiger partial charge in [-0.05, 0) is 13.3 Å². The van der Waals surface area contributed by atoms with Gasteiger partial charge in [-0.3, -0.25) is 4.79 Å². The second-order valence-corrected chi connectivity index (χ2v) is 9.36. The number of carbonyl (C=O) groups excluding carboxylic acids is 1. The molecule has 0 bridgehead atoms. The van der Waals surface area contributed by atoms with E-state index in [0.29, 0.717) is 6.42 Å². The zero-order chi connectivity index (χ0) is 25.2. The van der Waals surface area contributed by atoms with Gasteiger partial charge in [-0.25, -0.2) is 0 Å². The van der Waals surface area contributed by atoms with E-state index < -0.39 is 37.9 Å². The topological polar surface area (TPSA) is 127 Å². The molecule has 7 heteroatoms. The lowest BCUT2D eigenvalue weighted by Gasteiger charge is -2.23. The van der Waals surface area contributed by atoms with Gasteiger partial charge in [0.25, 0.3) is 0 Å². The van der Waals surface area contributed by atoms with Crippen LogP contribution in [0.25, 0.3) is 0 Å². The van der Waals surface area contributed by atoms with Gasteiger partial charge in [0.05, 0.1) is 37.9 Å². The first-order valence-corrected chi connectivity index (χ1v) is 13.2. The minimum atomic E-state index is -1.11. The Balaban J connectivity index is 0. The van der Waals surface area contributed by atoms with Crippen molar-refractivity contribution in [2.75, 3.05) is 33.0 Å². The number of hydrogen-bond acceptors (Lipinski definition) is 7. The predicted octanol–water partition coefficient (Wildman–Crippen LogP) is 4.11. The van der Waals surface area contributed by atoms with Crippen LogP contribution in [0.1, 0.15) is 117 Å². The van der Waals surface area contributed by atoms with Crippen LogP contribution < -0.4 is 0 Å². The molecule has 0 aliphatic rings. The number of aliphatic hydroxyl groups excluding tert-OH is 5. The minimum absolute atomic E-state index is 0.123. The number of hydrogen-bond donors (Lipinski definition) is 5. The molecule has 0 aromatic rings. The van der Waals surface area contributed by atoms with Crippen molar-refractivity contribution in [1.29, 1.82) is 0 Å². The molecule has 0 radical (unpaired) electrons. The first-order chi connectivity index (χ1) is 15.9. The van der Waals surface area contributed by atoms with Gasteiger partial charge < -0.3 is 30.3 Å². The summed E-state index contributed by atoms with van der Waals surface area (Å²) in [6, 6.07) is 0. The van der Waals surface area contributed by atoms with Crippen molar-refractivity contribution in [1.82, 2.24) is 0 Å². The van der Waals surface area contributed by atoms with Crippen molar-refractivity contribution in [2.45, 2.75) is 123 Å². The number of aliphatic hydroxyl groups is 5. The van der Waals surface area contributed by atoms with E-state index in [4.69, 9.17) is 30.3 Å². The second-order valence-electron chi connectivity index (χ2n) is 9.36. The molecule has 0 fully saturated rings. The van der Waals surface area contributed by atoms with Gasteiger partial charge in [-0.2, -0.15) is 0 Å². The van der Waals surface area contributed by atoms with Crippen molar-refractivity contribution in [2.24, 2.45) is 5.41 Å². The number of esters is 1. The standard InChI is InChI=1S/C21H42O3.C5H12O4/c1-3-4-5-6-7-8-9-10-11-12-13-14-15-16-17-18-21(23)24-19-20(2)22;6-1-5(2-7,3-8)4-9/h20,22H,3-19H2,1-2H3;6-9H,1-4H2. The number of carbonyl (C=O) groups is 1. The Morgan fingerprint density at radius 3 is 1.27 bits per heavy atom. The summed E-state index contributed by atoms with van der Waals surface area (Å²) in [6.45, 7) is 2.39. The van der Waals surface area contributed by atoms with Gasteiger partial charge in [0.1, 0.15) is 6.61 Å². The quantitative estimate of drug-likeness (QED) is 0.117. The van der Waals surface area contributed by atoms with Crippen molar-refractivity contribution in [3.8, 4) is 0 Å². The van der Waals surface area contributed by atoms with Crippen molar-refractivity contribution in [3.05, 3.63) is 0 Å². The third kappa shape index (κ3) is 24.2. The lowest BCUT2D eigenvalue weighted by molar-refractivity contribution is -0.146. The summed E-state index contributed by atoms with van der Waals surface area (Å²) in [5.41, 5.74) is -1.11. The summed E-state index contributed by atoms with van der Waals surface area (Å²) in [7, 11) is 0. The van der Waals surface area contributed by atoms with E-state index in [-0.39, 0.29) is 12.6 Å². The molecule has 5 N–H and O–H groups in total. The fourth-order valence-corrected chi connectivity index (χ4v) is 3.23. The van der Waals surface area contributed by atoms with Crippen LogP contribution in [-0.2, 0) is 9.53 Å². The highest BCUT2D eigenvalue weighted by molar-refractivity contribution is 5.69. The highest BCUT2D eigenvalue weighted by atomic mass is 16.5. The molecular formula is C26H54O7. The van der Waals surface area contributed by atoms with E-state index in [2.05, 4.69) is 6.92 Å². The van der Waals surface area contributed by atoms with Crippen LogP contribution in [0.15, 0.2) is 0 Å². The highest BCUT2D eigenvalue weighted by Crippen LogP contribution is 2.14. The van der Waals surface area contributed by atoms with Crippen molar-refractivity contribution < 1.29 is 35.1 Å². The molecule has 0 aromatic carbocycles. The van der Waals surface area contributed by atoms with Crippen LogP contribution in [0.5, 0.6) is 0 Å². The van der Waals surface area contributed by atoms with E-state index in [0.717, 1.165) is 12.8 Å². The van der Waals surface area contributed by atoms with Gasteiger partial charge in [0.2, 0.25) is 0 Å². The van der Waals surface area contributed by atoms with Gasteiger partial charge in [0.15, 0.2) is 0 Å². The monoisotopic (exact) mass is 478 g/mol. The molecule has 0 aromatic heterocycles. The number of rotatable bonds is 22. The largest absolute Gasteiger partial charge is 0.463 e. The summed E-state index contributed by atoms with van der Waals surface area (Å²) in [4.78, 5) is 11.3. The van der Waals surface area contributed by atoms with Crippen LogP contribution in [0.3, 0.4) is 0 Å². The van der Waals surface area contributed by atoms with Gasteiger partial charge in [-0.15, -0.1) is 0 Å². The summed E-state index contributed by atoms with van der Waals surface area (Å²) < 4.78 is 4.93. The summed E-state index contributed by atoms with van der Waals surface area (Å²) in [6.07, 6.45) is 19.8. The van der Waals surface area contributed by atoms with E-state index >= 15 is 0 Å². The first kappa shape index (κ1) is 34.4. The first-order valence-electron chi connectivity index (χ1n) is 13.2. The lowest BCUT2D eigenvalue weighted by Crippen LogP contribution is -2.37. The maximum Gasteiger partial charge on any atom is 0.305 e. The lowest BCUT2D eigenvalue weighted by atomic mass is 9.93. The molecule has 0 heterocycles. The molecule has 0 saturated carbocycles. The SMILES string of the molecule is CCCCCCCCCCCCCCCCCC(=O)OCC(C)O.OCC(CO)(CO)CO. The van der Waals surface area contributed by atoms with Crippen molar-refractivity contribution in [3.63, 3.8) is 0 Å². The Hall–Kier alpha value is -0.730. The summed E-state index contributed by atoms with van der Waals surface area (Å²) >= 11 is 0. The molecule has 0 spiro atoms. The molecule has 1 unspecified atom stereocenters. The molecule has 7 nitrogen and oxygen atoms in total. The van der Waals surface area contributed by atoms with Gasteiger partial charge >= 0.3 is 5.97 Å². The summed E-state index contributed by atoms with van der Waals surface area (Å²) in [5, 5.41) is 43.0. The Labute approximate surface area is 202 Å². The fraction of sp³-hybridized carbons (Fsp3) is 0.962. The van der Waals surface area contributed by atoms with Gasteiger partial charge in [-0.1, -0.05) is 96.8 Å². The van der Waals surface area contributed by atoms with Crippen LogP contribution in [0.4, 0.5) is 0 Å². The Bertz CT molecular complexity index is 381. The third-order valence-corrected chi connectivity index (χ3v) is 5.81. The average molecular weight is 479 g/mol. The molecule has 1 atom stereocenters. The van der Waals surface area contributed by atoms with Gasteiger partial charge in [0, 0.05) is 6.42 Å². The molecule has 33 heavy (non-hydrogen) atoms. The third-order valence-electron chi connectivity index (χ3n) is 5.81. The predicted molar refractivity (Wildman–Crippen MR) is 133 cm³/mol. The Morgan fingerprint density at radius 2 is 1.00 bits per heavy atom. The molecule has 0 aliphatic heterocycles. The van der Waals surface area contributed by atoms with Crippen LogP contribution in [-0.4, -0.2) is 70.6 Å². The number of ether oxygens (including phenoxy) is 1. The maximum absolute atomic E-state index is 11.3. The molecule has 200 valence electrons. The maximum atomic E-state index is 11.3. The van der Waals surface area contributed by atoms with E-state index in [1.807, 2.05) is 0 Å². The van der Waals surface area contributed by atoms with E-state index in [1.165, 1.54) is 83.5 Å². The Morgan fingerprint density at radius 1 is 0.667 bits per heavy atom. The number of unbranched alkanes of at least 4 members (excludes halogenated alkanes) is 14. The minimum Gasteiger partial charge on any atom is -0.463 e. The van der Waals surface area contributed by atoms with Crippen molar-refractivity contribution >= 4 is 5.97 Å². The summed E-state index contributed by atoms with van der Waals surface area (Å²) in [5.74, 6) is -0.175. The zero-order valence-corrected chi connectivity index (χ0v) is 21.5. The van der Waals surface area contributed by atoms with E-state index in [1.54, 1.807) is 6.92 Å². The van der Waals surface area contributed by atoms with Crippen LogP contribution in [0, 0.1) is 5.41 Å². The normalized spacial score (nSPS) is 12.2.